The molecule has 1 fully saturated rings. The van der Waals surface area contributed by atoms with Crippen molar-refractivity contribution < 1.29 is 0 Å². The van der Waals surface area contributed by atoms with Gasteiger partial charge in [0.05, 0.1) is 0 Å². The Morgan fingerprint density at radius 2 is 2.21 bits per heavy atom. The Kier molecular flexibility index (Phi) is 1.56. The highest BCUT2D eigenvalue weighted by Gasteiger charge is 2.38. The van der Waals surface area contributed by atoms with Gasteiger partial charge in [-0.25, -0.2) is 0 Å². The van der Waals surface area contributed by atoms with E-state index in [1.165, 1.54) is 6.42 Å². The molecule has 0 amide bonds. The summed E-state index contributed by atoms with van der Waals surface area (Å²) in [6.45, 7) is 2.20. The van der Waals surface area contributed by atoms with Gasteiger partial charge in [0, 0.05) is 5.92 Å². The molecule has 5 heteroatoms. The molecule has 2 unspecified atom stereocenters. The van der Waals surface area contributed by atoms with E-state index in [-0.39, 0.29) is 0 Å². The van der Waals surface area contributed by atoms with Crippen molar-refractivity contribution in [3.63, 3.8) is 0 Å². The molecule has 2 heterocycles. The molecule has 1 aliphatic carbocycles. The van der Waals surface area contributed by atoms with Crippen LogP contribution in [0.2, 0.25) is 5.15 Å². The zero-order valence-corrected chi connectivity index (χ0v) is 8.44. The van der Waals surface area contributed by atoms with Crippen LogP contribution in [-0.4, -0.2) is 19.8 Å². The third kappa shape index (κ3) is 1.10. The summed E-state index contributed by atoms with van der Waals surface area (Å²) in [6.07, 6.45) is 1.18. The monoisotopic (exact) mass is 208 g/mol. The minimum absolute atomic E-state index is 0.479. The molecule has 3 rings (SSSR count). The van der Waals surface area contributed by atoms with Crippen LogP contribution >= 0.6 is 11.6 Å². The third-order valence-electron chi connectivity index (χ3n) is 2.70. The number of halogens is 1. The van der Waals surface area contributed by atoms with Crippen molar-refractivity contribution in [2.24, 2.45) is 5.92 Å². The topological polar surface area (TPSA) is 43.1 Å². The van der Waals surface area contributed by atoms with Gasteiger partial charge in [0.25, 0.3) is 0 Å². The van der Waals surface area contributed by atoms with E-state index in [2.05, 4.69) is 22.2 Å². The summed E-state index contributed by atoms with van der Waals surface area (Å²) in [7, 11) is 0. The Hall–Kier alpha value is -1.16. The first-order valence-corrected chi connectivity index (χ1v) is 5.01. The molecule has 2 atom stereocenters. The Bertz CT molecular complexity index is 493. The number of hydrogen-bond donors (Lipinski definition) is 0. The van der Waals surface area contributed by atoms with Crippen LogP contribution in [0.4, 0.5) is 0 Å². The van der Waals surface area contributed by atoms with Crippen molar-refractivity contribution >= 4 is 17.2 Å². The van der Waals surface area contributed by atoms with Crippen molar-refractivity contribution in [1.29, 1.82) is 0 Å². The van der Waals surface area contributed by atoms with Crippen LogP contribution in [-0.2, 0) is 0 Å². The molecule has 0 aliphatic heterocycles. The number of nitrogens with zero attached hydrogens (tertiary/aromatic N) is 4. The van der Waals surface area contributed by atoms with E-state index in [0.717, 1.165) is 11.5 Å². The molecule has 1 aliphatic rings. The molecule has 14 heavy (non-hydrogen) atoms. The van der Waals surface area contributed by atoms with E-state index in [1.807, 2.05) is 6.07 Å². The first kappa shape index (κ1) is 8.17. The van der Waals surface area contributed by atoms with E-state index in [1.54, 1.807) is 10.6 Å². The highest BCUT2D eigenvalue weighted by Crippen LogP contribution is 2.45. The van der Waals surface area contributed by atoms with Crippen molar-refractivity contribution in [2.45, 2.75) is 19.3 Å². The number of aromatic nitrogens is 4. The predicted molar refractivity (Wildman–Crippen MR) is 52.3 cm³/mol. The smallest absolute Gasteiger partial charge is 0.178 e. The van der Waals surface area contributed by atoms with E-state index in [4.69, 9.17) is 11.6 Å². The van der Waals surface area contributed by atoms with Crippen LogP contribution in [0.1, 0.15) is 25.1 Å². The van der Waals surface area contributed by atoms with Crippen molar-refractivity contribution in [1.82, 2.24) is 19.8 Å². The summed E-state index contributed by atoms with van der Waals surface area (Å²) in [4.78, 5) is 0. The normalized spacial score (nSPS) is 25.6. The van der Waals surface area contributed by atoms with Crippen LogP contribution in [0.5, 0.6) is 0 Å². The predicted octanol–water partition coefficient (Wildman–Crippen LogP) is 1.90. The lowest BCUT2D eigenvalue weighted by molar-refractivity contribution is 0.776. The summed E-state index contributed by atoms with van der Waals surface area (Å²) in [6, 6.07) is 3.56. The van der Waals surface area contributed by atoms with Gasteiger partial charge in [0.2, 0.25) is 0 Å². The molecule has 2 aromatic rings. The van der Waals surface area contributed by atoms with Crippen molar-refractivity contribution in [3.05, 3.63) is 23.1 Å². The molecule has 0 radical (unpaired) electrons. The second-order valence-electron chi connectivity index (χ2n) is 3.80. The van der Waals surface area contributed by atoms with Gasteiger partial charge in [-0.1, -0.05) is 18.5 Å². The fourth-order valence-corrected chi connectivity index (χ4v) is 1.83. The maximum Gasteiger partial charge on any atom is 0.178 e. The standard InChI is InChI=1S/C9H9ClN4/c1-5-4-6(5)9-12-11-8-3-2-7(10)13-14(8)9/h2-3,5-6H,4H2,1H3. The lowest BCUT2D eigenvalue weighted by Gasteiger charge is -1.96. The van der Waals surface area contributed by atoms with Gasteiger partial charge in [0.15, 0.2) is 11.5 Å². The Labute approximate surface area is 85.9 Å². The lowest BCUT2D eigenvalue weighted by Crippen LogP contribution is -1.97. The fourth-order valence-electron chi connectivity index (χ4n) is 1.70. The maximum absolute atomic E-state index is 5.82. The summed E-state index contributed by atoms with van der Waals surface area (Å²) < 4.78 is 1.75. The average molecular weight is 209 g/mol. The maximum atomic E-state index is 5.82. The van der Waals surface area contributed by atoms with Crippen LogP contribution in [0.3, 0.4) is 0 Å². The van der Waals surface area contributed by atoms with E-state index in [9.17, 15) is 0 Å². The molecule has 2 aromatic heterocycles. The second kappa shape index (κ2) is 2.67. The van der Waals surface area contributed by atoms with Gasteiger partial charge in [-0.2, -0.15) is 9.61 Å². The van der Waals surface area contributed by atoms with Crippen molar-refractivity contribution in [2.75, 3.05) is 0 Å². The van der Waals surface area contributed by atoms with Crippen LogP contribution < -0.4 is 0 Å². The lowest BCUT2D eigenvalue weighted by atomic mass is 10.3. The molecule has 0 saturated heterocycles. The van der Waals surface area contributed by atoms with Gasteiger partial charge in [-0.15, -0.1) is 10.2 Å². The quantitative estimate of drug-likeness (QED) is 0.719. The zero-order chi connectivity index (χ0) is 9.71. The van der Waals surface area contributed by atoms with Gasteiger partial charge in [-0.3, -0.25) is 0 Å². The van der Waals surface area contributed by atoms with Gasteiger partial charge in [-0.05, 0) is 24.5 Å². The molecule has 72 valence electrons. The molecule has 1 saturated carbocycles. The van der Waals surface area contributed by atoms with Crippen LogP contribution in [0.25, 0.3) is 5.65 Å². The third-order valence-corrected chi connectivity index (χ3v) is 2.90. The van der Waals surface area contributed by atoms with Crippen LogP contribution in [0, 0.1) is 5.92 Å². The minimum atomic E-state index is 0.479. The Morgan fingerprint density at radius 1 is 1.43 bits per heavy atom. The summed E-state index contributed by atoms with van der Waals surface area (Å²) >= 11 is 5.82. The molecule has 0 spiro atoms. The fraction of sp³-hybridized carbons (Fsp3) is 0.444. The van der Waals surface area contributed by atoms with Crippen molar-refractivity contribution in [3.8, 4) is 0 Å². The van der Waals surface area contributed by atoms with Crippen LogP contribution in [0.15, 0.2) is 12.1 Å². The van der Waals surface area contributed by atoms with E-state index < -0.39 is 0 Å². The molecular formula is C9H9ClN4. The molecule has 0 aromatic carbocycles. The molecule has 0 N–H and O–H groups in total. The molecular weight excluding hydrogens is 200 g/mol. The number of rotatable bonds is 1. The second-order valence-corrected chi connectivity index (χ2v) is 4.19. The van der Waals surface area contributed by atoms with Gasteiger partial charge in [0.1, 0.15) is 5.15 Å². The Balaban J connectivity index is 2.19. The number of fused-ring (bicyclic) bond motifs is 1. The zero-order valence-electron chi connectivity index (χ0n) is 7.68. The van der Waals surface area contributed by atoms with E-state index >= 15 is 0 Å². The summed E-state index contributed by atoms with van der Waals surface area (Å²) in [5.41, 5.74) is 0.767. The molecule has 4 nitrogen and oxygen atoms in total. The average Bonchev–Trinajstić information content (AvgIpc) is 2.75. The summed E-state index contributed by atoms with van der Waals surface area (Å²) in [5, 5.41) is 12.9. The number of hydrogen-bond acceptors (Lipinski definition) is 3. The van der Waals surface area contributed by atoms with Gasteiger partial charge >= 0.3 is 0 Å². The molecule has 0 bridgehead atoms. The first-order chi connectivity index (χ1) is 6.75. The van der Waals surface area contributed by atoms with E-state index in [0.29, 0.717) is 17.0 Å². The SMILES string of the molecule is CC1CC1c1nnc2ccc(Cl)nn12. The highest BCUT2D eigenvalue weighted by atomic mass is 35.5. The largest absolute Gasteiger partial charge is 0.196 e. The Morgan fingerprint density at radius 3 is 2.93 bits per heavy atom. The van der Waals surface area contributed by atoms with Gasteiger partial charge < -0.3 is 0 Å². The summed E-state index contributed by atoms with van der Waals surface area (Å²) in [5.74, 6) is 2.15. The first-order valence-electron chi connectivity index (χ1n) is 4.63. The minimum Gasteiger partial charge on any atom is -0.196 e. The highest BCUT2D eigenvalue weighted by molar-refractivity contribution is 6.29.